The first-order valence-corrected chi connectivity index (χ1v) is 12.4. The van der Waals surface area contributed by atoms with E-state index in [1.54, 1.807) is 24.3 Å². The number of hydrogen-bond donors (Lipinski definition) is 2. The minimum atomic E-state index is -4.42. The van der Waals surface area contributed by atoms with Crippen LogP contribution in [0.4, 0.5) is 23.7 Å². The third-order valence-electron chi connectivity index (χ3n) is 5.46. The Labute approximate surface area is 216 Å². The largest absolute Gasteiger partial charge is 0.456 e. The number of nitrogens with one attached hydrogen (secondary N) is 2. The summed E-state index contributed by atoms with van der Waals surface area (Å²) in [6.07, 6.45) is -1.91. The molecule has 2 N–H and O–H groups in total. The highest BCUT2D eigenvalue weighted by molar-refractivity contribution is 7.98. The molecule has 1 atom stereocenters. The summed E-state index contributed by atoms with van der Waals surface area (Å²) >= 11 is 0.883. The molecule has 3 aromatic rings. The first-order valence-electron chi connectivity index (χ1n) is 11.6. The van der Waals surface area contributed by atoms with Gasteiger partial charge >= 0.3 is 12.2 Å². The summed E-state index contributed by atoms with van der Waals surface area (Å²) in [7, 11) is 0. The molecule has 11 heteroatoms. The number of amides is 2. The summed E-state index contributed by atoms with van der Waals surface area (Å²) in [4.78, 5) is 23.4. The summed E-state index contributed by atoms with van der Waals surface area (Å²) in [6.45, 7) is 4.00. The second kappa shape index (κ2) is 12.5. The highest BCUT2D eigenvalue weighted by atomic mass is 32.2. The Bertz CT molecular complexity index is 1240. The van der Waals surface area contributed by atoms with Crippen molar-refractivity contribution in [3.05, 3.63) is 82.4 Å². The Morgan fingerprint density at radius 2 is 1.78 bits per heavy atom. The molecule has 0 radical (unpaired) electrons. The van der Waals surface area contributed by atoms with Gasteiger partial charge in [-0.15, -0.1) is 0 Å². The Hall–Kier alpha value is -3.73. The van der Waals surface area contributed by atoms with E-state index >= 15 is 0 Å². The first-order chi connectivity index (χ1) is 17.6. The number of nitrogens with zero attached hydrogens (tertiary/aromatic N) is 1. The molecule has 0 fully saturated rings. The van der Waals surface area contributed by atoms with Crippen molar-refractivity contribution in [2.24, 2.45) is 0 Å². The van der Waals surface area contributed by atoms with Crippen LogP contribution in [0.25, 0.3) is 11.1 Å². The van der Waals surface area contributed by atoms with Crippen LogP contribution in [0.3, 0.4) is 0 Å². The van der Waals surface area contributed by atoms with E-state index in [2.05, 4.69) is 10.0 Å². The van der Waals surface area contributed by atoms with Crippen LogP contribution in [0.2, 0.25) is 0 Å². The van der Waals surface area contributed by atoms with E-state index in [0.717, 1.165) is 43.3 Å². The summed E-state index contributed by atoms with van der Waals surface area (Å²) in [5, 5.41) is 14.2. The molecule has 196 valence electrons. The quantitative estimate of drug-likeness (QED) is 0.157. The normalized spacial score (nSPS) is 12.0. The molecule has 0 saturated carbocycles. The average molecular weight is 534 g/mol. The standard InChI is InChI=1S/C26H26F3N3O4S/c1-3-6-20(4-2)30-25(33)31-37-24-16-21(32(34)35)13-14-23(24)36-22-8-5-7-18(15-22)17-9-11-19(12-10-17)26(27,28)29/h5,7-16,20H,3-4,6H2,1-2H3,(H2,30,31,33). The lowest BCUT2D eigenvalue weighted by molar-refractivity contribution is -0.385. The van der Waals surface area contributed by atoms with Crippen molar-refractivity contribution in [2.75, 3.05) is 0 Å². The Balaban J connectivity index is 1.80. The van der Waals surface area contributed by atoms with Gasteiger partial charge in [-0.05, 0) is 66.2 Å². The van der Waals surface area contributed by atoms with Gasteiger partial charge in [-0.2, -0.15) is 13.2 Å². The molecule has 3 rings (SSSR count). The number of non-ortho nitro benzene ring substituents is 1. The number of hydrogen-bond acceptors (Lipinski definition) is 5. The minimum absolute atomic E-state index is 0.0133. The molecule has 0 aliphatic rings. The van der Waals surface area contributed by atoms with Crippen LogP contribution in [0, 0.1) is 10.1 Å². The average Bonchev–Trinajstić information content (AvgIpc) is 2.87. The van der Waals surface area contributed by atoms with E-state index in [9.17, 15) is 28.1 Å². The van der Waals surface area contributed by atoms with Crippen molar-refractivity contribution >= 4 is 23.7 Å². The molecule has 7 nitrogen and oxygen atoms in total. The number of urea groups is 1. The molecule has 0 aliphatic carbocycles. The van der Waals surface area contributed by atoms with E-state index < -0.39 is 22.7 Å². The molecule has 37 heavy (non-hydrogen) atoms. The zero-order valence-electron chi connectivity index (χ0n) is 20.2. The number of carbonyl (C=O) groups excluding carboxylic acids is 1. The van der Waals surface area contributed by atoms with E-state index in [-0.39, 0.29) is 17.5 Å². The van der Waals surface area contributed by atoms with Crippen molar-refractivity contribution in [1.82, 2.24) is 10.0 Å². The predicted molar refractivity (Wildman–Crippen MR) is 137 cm³/mol. The maximum Gasteiger partial charge on any atom is 0.416 e. The van der Waals surface area contributed by atoms with E-state index in [0.29, 0.717) is 21.8 Å². The lowest BCUT2D eigenvalue weighted by atomic mass is 10.0. The van der Waals surface area contributed by atoms with Gasteiger partial charge in [0.1, 0.15) is 11.5 Å². The molecule has 0 aliphatic heterocycles. The van der Waals surface area contributed by atoms with Crippen LogP contribution < -0.4 is 14.8 Å². The fourth-order valence-corrected chi connectivity index (χ4v) is 4.19. The molecular formula is C26H26F3N3O4S. The van der Waals surface area contributed by atoms with Crippen LogP contribution in [0.15, 0.2) is 71.6 Å². The smallest absolute Gasteiger partial charge is 0.416 e. The second-order valence-electron chi connectivity index (χ2n) is 8.16. The number of nitro groups is 1. The van der Waals surface area contributed by atoms with Gasteiger partial charge in [0.25, 0.3) is 5.69 Å². The molecule has 0 spiro atoms. The predicted octanol–water partition coefficient (Wildman–Crippen LogP) is 7.96. The van der Waals surface area contributed by atoms with Crippen LogP contribution in [0.1, 0.15) is 38.7 Å². The van der Waals surface area contributed by atoms with E-state index in [4.69, 9.17) is 4.74 Å². The number of halogens is 3. The second-order valence-corrected chi connectivity index (χ2v) is 9.01. The number of ether oxygens (including phenoxy) is 1. The number of alkyl halides is 3. The molecule has 0 saturated heterocycles. The number of nitro benzene ring substituents is 1. The van der Waals surface area contributed by atoms with Gasteiger partial charge in [-0.3, -0.25) is 14.8 Å². The third kappa shape index (κ3) is 7.88. The minimum Gasteiger partial charge on any atom is -0.456 e. The van der Waals surface area contributed by atoms with E-state index in [1.165, 1.54) is 30.3 Å². The topological polar surface area (TPSA) is 93.5 Å². The van der Waals surface area contributed by atoms with Crippen molar-refractivity contribution in [2.45, 2.75) is 50.2 Å². The number of rotatable bonds is 10. The van der Waals surface area contributed by atoms with Gasteiger partial charge < -0.3 is 10.1 Å². The van der Waals surface area contributed by atoms with Crippen molar-refractivity contribution < 1.29 is 27.6 Å². The molecular weight excluding hydrogens is 507 g/mol. The molecule has 0 heterocycles. The molecule has 1 unspecified atom stereocenters. The summed E-state index contributed by atoms with van der Waals surface area (Å²) in [6, 6.07) is 15.1. The molecule has 3 aromatic carbocycles. The fraction of sp³-hybridized carbons (Fsp3) is 0.269. The Kier molecular flexibility index (Phi) is 9.40. The Morgan fingerprint density at radius 1 is 1.05 bits per heavy atom. The Morgan fingerprint density at radius 3 is 2.41 bits per heavy atom. The van der Waals surface area contributed by atoms with Crippen LogP contribution in [-0.4, -0.2) is 17.0 Å². The lowest BCUT2D eigenvalue weighted by Crippen LogP contribution is -2.39. The van der Waals surface area contributed by atoms with Crippen molar-refractivity contribution in [3.8, 4) is 22.6 Å². The molecule has 0 bridgehead atoms. The van der Waals surface area contributed by atoms with Gasteiger partial charge in [0.15, 0.2) is 0 Å². The van der Waals surface area contributed by atoms with Crippen LogP contribution in [0.5, 0.6) is 11.5 Å². The summed E-state index contributed by atoms with van der Waals surface area (Å²) in [5.41, 5.74) is 0.273. The summed E-state index contributed by atoms with van der Waals surface area (Å²) < 4.78 is 47.2. The SMILES string of the molecule is CCCC(CC)NC(=O)NSc1cc([N+](=O)[O-])ccc1Oc1cccc(-c2ccc(C(F)(F)F)cc2)c1. The van der Waals surface area contributed by atoms with Crippen LogP contribution >= 0.6 is 11.9 Å². The van der Waals surface area contributed by atoms with Gasteiger partial charge in [0.05, 0.1) is 15.4 Å². The number of benzene rings is 3. The van der Waals surface area contributed by atoms with Gasteiger partial charge in [-0.25, -0.2) is 4.79 Å². The number of carbonyl (C=O) groups is 1. The van der Waals surface area contributed by atoms with Crippen molar-refractivity contribution in [3.63, 3.8) is 0 Å². The summed E-state index contributed by atoms with van der Waals surface area (Å²) in [5.74, 6) is 0.632. The van der Waals surface area contributed by atoms with Crippen LogP contribution in [-0.2, 0) is 6.18 Å². The molecule has 0 aromatic heterocycles. The maximum absolute atomic E-state index is 12.9. The van der Waals surface area contributed by atoms with Gasteiger partial charge in [0, 0.05) is 18.2 Å². The van der Waals surface area contributed by atoms with Gasteiger partial charge in [0.2, 0.25) is 0 Å². The third-order valence-corrected chi connectivity index (χ3v) is 6.29. The lowest BCUT2D eigenvalue weighted by Gasteiger charge is -2.17. The zero-order valence-corrected chi connectivity index (χ0v) is 21.0. The maximum atomic E-state index is 12.9. The fourth-order valence-electron chi connectivity index (χ4n) is 3.54. The zero-order chi connectivity index (χ0) is 27.0. The first kappa shape index (κ1) is 27.9. The van der Waals surface area contributed by atoms with Crippen molar-refractivity contribution in [1.29, 1.82) is 0 Å². The highest BCUT2D eigenvalue weighted by Crippen LogP contribution is 2.36. The highest BCUT2D eigenvalue weighted by Gasteiger charge is 2.30. The monoisotopic (exact) mass is 533 g/mol. The van der Waals surface area contributed by atoms with Gasteiger partial charge in [-0.1, -0.05) is 44.5 Å². The molecule has 2 amide bonds. The van der Waals surface area contributed by atoms with E-state index in [1.807, 2.05) is 13.8 Å².